The van der Waals surface area contributed by atoms with Crippen molar-refractivity contribution in [1.82, 2.24) is 0 Å². The summed E-state index contributed by atoms with van der Waals surface area (Å²) >= 11 is 0. The van der Waals surface area contributed by atoms with Gasteiger partial charge in [-0.15, -0.1) is 0 Å². The van der Waals surface area contributed by atoms with Crippen LogP contribution in [-0.4, -0.2) is 25.0 Å². The Balaban J connectivity index is 2.04. The molecule has 0 atom stereocenters. The Kier molecular flexibility index (Phi) is 4.33. The summed E-state index contributed by atoms with van der Waals surface area (Å²) in [5.74, 6) is -0.145. The van der Waals surface area contributed by atoms with Crippen molar-refractivity contribution in [3.05, 3.63) is 71.8 Å². The van der Waals surface area contributed by atoms with Gasteiger partial charge in [-0.05, 0) is 35.8 Å². The van der Waals surface area contributed by atoms with Gasteiger partial charge in [0.1, 0.15) is 5.75 Å². The van der Waals surface area contributed by atoms with Crippen molar-refractivity contribution in [2.75, 3.05) is 6.61 Å². The minimum absolute atomic E-state index is 0.219. The minimum Gasteiger partial charge on any atom is -0.508 e. The third kappa shape index (κ3) is 3.21. The van der Waals surface area contributed by atoms with Crippen LogP contribution in [0.2, 0.25) is 0 Å². The number of rotatable bonds is 3. The molecule has 0 saturated carbocycles. The number of carbonyl (C=O) groups excluding carboxylic acids is 1. The number of hydrogen-bond donors (Lipinski definition) is 1. The minimum atomic E-state index is -0.365. The highest BCUT2D eigenvalue weighted by atomic mass is 16.5. The van der Waals surface area contributed by atoms with Crippen LogP contribution in [0.25, 0.3) is 5.57 Å². The van der Waals surface area contributed by atoms with Crippen LogP contribution in [0.5, 0.6) is 5.75 Å². The van der Waals surface area contributed by atoms with E-state index in [1.165, 1.54) is 6.08 Å². The van der Waals surface area contributed by atoms with Gasteiger partial charge in [-0.1, -0.05) is 53.4 Å². The van der Waals surface area contributed by atoms with E-state index in [-0.39, 0.29) is 11.7 Å². The smallest absolute Gasteiger partial charge is 0.330 e. The monoisotopic (exact) mass is 303 g/mol. The van der Waals surface area contributed by atoms with E-state index in [0.717, 1.165) is 27.6 Å². The second-order valence-corrected chi connectivity index (χ2v) is 5.19. The molecule has 0 fully saturated rings. The molecule has 0 unspecified atom stereocenters. The van der Waals surface area contributed by atoms with E-state index in [1.807, 2.05) is 36.4 Å². The SMILES string of the molecule is CCOC(=O)/C=C/C=C1/c2ccccc2[B]c2ccc(O)cc21. The number of ether oxygens (including phenoxy) is 1. The molecule has 113 valence electrons. The summed E-state index contributed by atoms with van der Waals surface area (Å²) in [6.45, 7) is 2.13. The second-order valence-electron chi connectivity index (χ2n) is 5.19. The van der Waals surface area contributed by atoms with Gasteiger partial charge >= 0.3 is 5.97 Å². The zero-order chi connectivity index (χ0) is 16.2. The van der Waals surface area contributed by atoms with Crippen LogP contribution in [0.3, 0.4) is 0 Å². The zero-order valence-electron chi connectivity index (χ0n) is 12.8. The molecule has 3 nitrogen and oxygen atoms in total. The van der Waals surface area contributed by atoms with E-state index in [0.29, 0.717) is 6.61 Å². The fourth-order valence-electron chi connectivity index (χ4n) is 2.68. The zero-order valence-corrected chi connectivity index (χ0v) is 12.8. The maximum atomic E-state index is 11.4. The Morgan fingerprint density at radius 1 is 1.17 bits per heavy atom. The summed E-state index contributed by atoms with van der Waals surface area (Å²) in [6.07, 6.45) is 4.96. The molecule has 1 aliphatic rings. The van der Waals surface area contributed by atoms with E-state index in [4.69, 9.17) is 4.74 Å². The Bertz CT molecular complexity index is 806. The summed E-state index contributed by atoms with van der Waals surface area (Å²) in [7, 11) is 2.09. The molecule has 0 amide bonds. The Morgan fingerprint density at radius 3 is 2.78 bits per heavy atom. The molecule has 1 N–H and O–H groups in total. The number of hydrogen-bond acceptors (Lipinski definition) is 3. The van der Waals surface area contributed by atoms with E-state index in [9.17, 15) is 9.90 Å². The number of allylic oxidation sites excluding steroid dienone is 2. The first-order valence-electron chi connectivity index (χ1n) is 7.51. The lowest BCUT2D eigenvalue weighted by molar-refractivity contribution is -0.137. The molecule has 0 spiro atoms. The van der Waals surface area contributed by atoms with Crippen molar-refractivity contribution in [3.63, 3.8) is 0 Å². The van der Waals surface area contributed by atoms with Crippen LogP contribution in [0.4, 0.5) is 0 Å². The van der Waals surface area contributed by atoms with Gasteiger partial charge in [0.15, 0.2) is 7.28 Å². The molecule has 1 heterocycles. The molecular formula is C19H16BO3. The van der Waals surface area contributed by atoms with Gasteiger partial charge in [-0.25, -0.2) is 4.79 Å². The van der Waals surface area contributed by atoms with Crippen molar-refractivity contribution in [2.45, 2.75) is 6.92 Å². The van der Waals surface area contributed by atoms with Crippen molar-refractivity contribution in [3.8, 4) is 5.75 Å². The summed E-state index contributed by atoms with van der Waals surface area (Å²) < 4.78 is 4.89. The van der Waals surface area contributed by atoms with E-state index in [1.54, 1.807) is 25.1 Å². The summed E-state index contributed by atoms with van der Waals surface area (Å²) in [4.78, 5) is 11.4. The number of fused-ring (bicyclic) bond motifs is 2. The molecule has 2 aromatic carbocycles. The van der Waals surface area contributed by atoms with E-state index >= 15 is 0 Å². The molecule has 0 aliphatic carbocycles. The lowest BCUT2D eigenvalue weighted by atomic mass is 9.55. The van der Waals surface area contributed by atoms with Gasteiger partial charge in [-0.2, -0.15) is 0 Å². The van der Waals surface area contributed by atoms with Gasteiger partial charge in [0.05, 0.1) is 6.61 Å². The lowest BCUT2D eigenvalue weighted by Gasteiger charge is -2.22. The summed E-state index contributed by atoms with van der Waals surface area (Å²) in [6, 6.07) is 13.4. The molecule has 0 saturated heterocycles. The quantitative estimate of drug-likeness (QED) is 0.457. The van der Waals surface area contributed by atoms with E-state index in [2.05, 4.69) is 7.28 Å². The maximum absolute atomic E-state index is 11.4. The number of phenolic OH excluding ortho intramolecular Hbond substituents is 1. The lowest BCUT2D eigenvalue weighted by Crippen LogP contribution is -2.36. The largest absolute Gasteiger partial charge is 0.508 e. The average molecular weight is 303 g/mol. The standard InChI is InChI=1S/C19H16BO3/c1-2-23-19(22)9-5-7-14-15-6-3-4-8-17(15)20-18-11-10-13(21)12-16(14)18/h3-12,21H,2H2,1H3/b9-5+,14-7-. The van der Waals surface area contributed by atoms with Crippen LogP contribution < -0.4 is 10.9 Å². The second kappa shape index (κ2) is 6.57. The van der Waals surface area contributed by atoms with Crippen LogP contribution in [0.1, 0.15) is 18.1 Å². The highest BCUT2D eigenvalue weighted by Crippen LogP contribution is 2.26. The highest BCUT2D eigenvalue weighted by Gasteiger charge is 2.20. The Labute approximate surface area is 136 Å². The highest BCUT2D eigenvalue weighted by molar-refractivity contribution is 6.70. The predicted molar refractivity (Wildman–Crippen MR) is 92.4 cm³/mol. The number of aromatic hydroxyl groups is 1. The fraction of sp³-hybridized carbons (Fsp3) is 0.105. The number of benzene rings is 2. The molecule has 1 aliphatic heterocycles. The normalized spacial score (nSPS) is 14.2. The maximum Gasteiger partial charge on any atom is 0.330 e. The first-order chi connectivity index (χ1) is 11.2. The van der Waals surface area contributed by atoms with Gasteiger partial charge in [0, 0.05) is 6.08 Å². The molecule has 4 heteroatoms. The number of esters is 1. The van der Waals surface area contributed by atoms with Crippen molar-refractivity contribution < 1.29 is 14.6 Å². The van der Waals surface area contributed by atoms with Crippen LogP contribution >= 0.6 is 0 Å². The predicted octanol–water partition coefficient (Wildman–Crippen LogP) is 1.91. The molecule has 2 aromatic rings. The van der Waals surface area contributed by atoms with Crippen LogP contribution in [0, 0.1) is 0 Å². The van der Waals surface area contributed by atoms with Gasteiger partial charge < -0.3 is 9.84 Å². The summed E-state index contributed by atoms with van der Waals surface area (Å²) in [5.41, 5.74) is 5.13. The number of carbonyl (C=O) groups is 1. The van der Waals surface area contributed by atoms with Gasteiger partial charge in [0.25, 0.3) is 0 Å². The van der Waals surface area contributed by atoms with Gasteiger partial charge in [-0.3, -0.25) is 0 Å². The average Bonchev–Trinajstić information content (AvgIpc) is 2.55. The molecule has 3 rings (SSSR count). The van der Waals surface area contributed by atoms with Gasteiger partial charge in [0.2, 0.25) is 0 Å². The van der Waals surface area contributed by atoms with Crippen molar-refractivity contribution in [1.29, 1.82) is 0 Å². The third-order valence-corrected chi connectivity index (χ3v) is 3.67. The first kappa shape index (κ1) is 15.2. The van der Waals surface area contributed by atoms with Crippen molar-refractivity contribution in [2.24, 2.45) is 0 Å². The number of phenols is 1. The van der Waals surface area contributed by atoms with Crippen molar-refractivity contribution >= 4 is 29.7 Å². The Hall–Kier alpha value is -2.75. The molecule has 1 radical (unpaired) electrons. The summed E-state index contributed by atoms with van der Waals surface area (Å²) in [5, 5.41) is 9.80. The molecule has 0 aromatic heterocycles. The molecule has 23 heavy (non-hydrogen) atoms. The topological polar surface area (TPSA) is 46.5 Å². The Morgan fingerprint density at radius 2 is 1.96 bits per heavy atom. The van der Waals surface area contributed by atoms with Crippen LogP contribution in [0.15, 0.2) is 60.7 Å². The molecular weight excluding hydrogens is 287 g/mol. The van der Waals surface area contributed by atoms with E-state index < -0.39 is 0 Å². The fourth-order valence-corrected chi connectivity index (χ4v) is 2.68. The first-order valence-corrected chi connectivity index (χ1v) is 7.51. The third-order valence-electron chi connectivity index (χ3n) is 3.67. The van der Waals surface area contributed by atoms with Crippen LogP contribution in [-0.2, 0) is 9.53 Å². The molecule has 0 bridgehead atoms.